The first-order chi connectivity index (χ1) is 15.3. The van der Waals surface area contributed by atoms with Crippen LogP contribution in [0.2, 0.25) is 0 Å². The molecule has 3 aromatic rings. The molecule has 4 rings (SSSR count). The van der Waals surface area contributed by atoms with Crippen molar-refractivity contribution in [2.24, 2.45) is 0 Å². The quantitative estimate of drug-likeness (QED) is 0.548. The van der Waals surface area contributed by atoms with Crippen molar-refractivity contribution in [1.82, 2.24) is 4.90 Å². The SMILES string of the molecule is CCOC(=O)Cc1coc2ccc3c(N4CCN(C(=O)OC(C)(C)C)CC4)cccc3c12. The van der Waals surface area contributed by atoms with Crippen molar-refractivity contribution in [3.63, 3.8) is 0 Å². The lowest BCUT2D eigenvalue weighted by Crippen LogP contribution is -2.50. The minimum Gasteiger partial charge on any atom is -0.466 e. The van der Waals surface area contributed by atoms with E-state index in [1.165, 1.54) is 0 Å². The lowest BCUT2D eigenvalue weighted by atomic mass is 10.0. The molecule has 0 radical (unpaired) electrons. The van der Waals surface area contributed by atoms with Crippen molar-refractivity contribution in [3.05, 3.63) is 42.2 Å². The van der Waals surface area contributed by atoms with E-state index < -0.39 is 5.60 Å². The number of furan rings is 1. The Morgan fingerprint density at radius 1 is 1.03 bits per heavy atom. The lowest BCUT2D eigenvalue weighted by Gasteiger charge is -2.37. The van der Waals surface area contributed by atoms with Crippen LogP contribution < -0.4 is 4.90 Å². The van der Waals surface area contributed by atoms with Crippen molar-refractivity contribution < 1.29 is 23.5 Å². The van der Waals surface area contributed by atoms with E-state index in [0.717, 1.165) is 46.1 Å². The minimum atomic E-state index is -0.499. The Morgan fingerprint density at radius 3 is 2.47 bits per heavy atom. The molecule has 1 amide bonds. The average Bonchev–Trinajstić information content (AvgIpc) is 3.15. The van der Waals surface area contributed by atoms with E-state index in [-0.39, 0.29) is 18.5 Å². The van der Waals surface area contributed by atoms with Gasteiger partial charge in [0.1, 0.15) is 11.2 Å². The van der Waals surface area contributed by atoms with Gasteiger partial charge < -0.3 is 23.7 Å². The van der Waals surface area contributed by atoms with Crippen molar-refractivity contribution in [3.8, 4) is 0 Å². The van der Waals surface area contributed by atoms with E-state index in [0.29, 0.717) is 19.7 Å². The maximum Gasteiger partial charge on any atom is 0.410 e. The lowest BCUT2D eigenvalue weighted by molar-refractivity contribution is -0.142. The van der Waals surface area contributed by atoms with Crippen LogP contribution in [0.4, 0.5) is 10.5 Å². The molecule has 0 aliphatic carbocycles. The van der Waals surface area contributed by atoms with Crippen LogP contribution in [0.1, 0.15) is 33.3 Å². The largest absolute Gasteiger partial charge is 0.466 e. The highest BCUT2D eigenvalue weighted by atomic mass is 16.6. The average molecular weight is 439 g/mol. The van der Waals surface area contributed by atoms with Gasteiger partial charge in [0.25, 0.3) is 0 Å². The number of esters is 1. The van der Waals surface area contributed by atoms with Crippen LogP contribution in [0.15, 0.2) is 41.0 Å². The van der Waals surface area contributed by atoms with Gasteiger partial charge >= 0.3 is 12.1 Å². The highest BCUT2D eigenvalue weighted by Crippen LogP contribution is 2.35. The number of rotatable bonds is 4. The predicted molar refractivity (Wildman–Crippen MR) is 124 cm³/mol. The summed E-state index contributed by atoms with van der Waals surface area (Å²) in [5, 5.41) is 3.09. The summed E-state index contributed by atoms with van der Waals surface area (Å²) in [6, 6.07) is 10.2. The number of nitrogens with zero attached hydrogens (tertiary/aromatic N) is 2. The summed E-state index contributed by atoms with van der Waals surface area (Å²) in [5.41, 5.74) is 2.19. The second-order valence-electron chi connectivity index (χ2n) is 9.01. The molecule has 2 heterocycles. The molecule has 1 aliphatic heterocycles. The molecule has 0 N–H and O–H groups in total. The van der Waals surface area contributed by atoms with Crippen LogP contribution >= 0.6 is 0 Å². The number of hydrogen-bond acceptors (Lipinski definition) is 6. The van der Waals surface area contributed by atoms with Gasteiger partial charge in [0.2, 0.25) is 0 Å². The Labute approximate surface area is 187 Å². The molecule has 0 unspecified atom stereocenters. The molecule has 1 aromatic heterocycles. The fourth-order valence-corrected chi connectivity index (χ4v) is 4.17. The fourth-order valence-electron chi connectivity index (χ4n) is 4.17. The van der Waals surface area contributed by atoms with Crippen molar-refractivity contribution in [1.29, 1.82) is 0 Å². The van der Waals surface area contributed by atoms with Crippen LogP contribution in [-0.4, -0.2) is 55.3 Å². The van der Waals surface area contributed by atoms with Crippen molar-refractivity contribution in [2.45, 2.75) is 39.7 Å². The summed E-state index contributed by atoms with van der Waals surface area (Å²) in [6.07, 6.45) is 1.56. The van der Waals surface area contributed by atoms with Gasteiger partial charge in [-0.15, -0.1) is 0 Å². The molecule has 0 saturated carbocycles. The van der Waals surface area contributed by atoms with Crippen molar-refractivity contribution >= 4 is 39.5 Å². The molecule has 0 spiro atoms. The summed E-state index contributed by atoms with van der Waals surface area (Å²) in [5.74, 6) is -0.262. The molecular weight excluding hydrogens is 408 g/mol. The van der Waals surface area contributed by atoms with Crippen LogP contribution in [0, 0.1) is 0 Å². The van der Waals surface area contributed by atoms with Crippen LogP contribution in [0.5, 0.6) is 0 Å². The topological polar surface area (TPSA) is 72.2 Å². The molecule has 1 saturated heterocycles. The third-order valence-electron chi connectivity index (χ3n) is 5.56. The van der Waals surface area contributed by atoms with Gasteiger partial charge in [0.05, 0.1) is 19.3 Å². The first-order valence-electron chi connectivity index (χ1n) is 11.1. The van der Waals surface area contributed by atoms with E-state index in [4.69, 9.17) is 13.9 Å². The van der Waals surface area contributed by atoms with E-state index >= 15 is 0 Å². The first-order valence-corrected chi connectivity index (χ1v) is 11.1. The molecule has 170 valence electrons. The number of benzene rings is 2. The number of piperazine rings is 1. The maximum atomic E-state index is 12.4. The zero-order valence-corrected chi connectivity index (χ0v) is 19.1. The molecule has 7 heteroatoms. The minimum absolute atomic E-state index is 0.179. The standard InChI is InChI=1S/C25H30N2O5/c1-5-30-22(28)15-17-16-31-21-10-9-18-19(23(17)21)7-6-8-20(18)26-11-13-27(14-12-26)24(29)32-25(2,3)4/h6-10,16H,5,11-15H2,1-4H3. The predicted octanol–water partition coefficient (Wildman–Crippen LogP) is 4.75. The van der Waals surface area contributed by atoms with Crippen LogP contribution in [-0.2, 0) is 20.7 Å². The van der Waals surface area contributed by atoms with Crippen LogP contribution in [0.3, 0.4) is 0 Å². The second-order valence-corrected chi connectivity index (χ2v) is 9.01. The van der Waals surface area contributed by atoms with Gasteiger partial charge in [-0.25, -0.2) is 4.79 Å². The van der Waals surface area contributed by atoms with Crippen LogP contribution in [0.25, 0.3) is 21.7 Å². The molecule has 0 atom stereocenters. The molecular formula is C25H30N2O5. The van der Waals surface area contributed by atoms with E-state index in [1.54, 1.807) is 18.1 Å². The summed E-state index contributed by atoms with van der Waals surface area (Å²) >= 11 is 0. The van der Waals surface area contributed by atoms with Gasteiger partial charge in [0.15, 0.2) is 0 Å². The molecule has 1 aliphatic rings. The monoisotopic (exact) mass is 438 g/mol. The van der Waals surface area contributed by atoms with E-state index in [1.807, 2.05) is 32.9 Å². The maximum absolute atomic E-state index is 12.4. The number of amides is 1. The highest BCUT2D eigenvalue weighted by molar-refractivity contribution is 6.12. The number of hydrogen-bond donors (Lipinski definition) is 0. The van der Waals surface area contributed by atoms with Gasteiger partial charge in [-0.05, 0) is 51.3 Å². The zero-order valence-electron chi connectivity index (χ0n) is 19.1. The number of carbonyl (C=O) groups is 2. The summed E-state index contributed by atoms with van der Waals surface area (Å²) in [7, 11) is 0. The third-order valence-corrected chi connectivity index (χ3v) is 5.56. The van der Waals surface area contributed by atoms with Gasteiger partial charge in [-0.1, -0.05) is 12.1 Å². The zero-order chi connectivity index (χ0) is 22.9. The normalized spacial score (nSPS) is 14.8. The van der Waals surface area contributed by atoms with Gasteiger partial charge in [0, 0.05) is 48.2 Å². The molecule has 2 aromatic carbocycles. The molecule has 0 bridgehead atoms. The number of ether oxygens (including phenoxy) is 2. The Morgan fingerprint density at radius 2 is 1.78 bits per heavy atom. The van der Waals surface area contributed by atoms with E-state index in [2.05, 4.69) is 23.1 Å². The van der Waals surface area contributed by atoms with Gasteiger partial charge in [-0.3, -0.25) is 4.79 Å². The summed E-state index contributed by atoms with van der Waals surface area (Å²) in [4.78, 5) is 28.5. The Balaban J connectivity index is 1.59. The Kier molecular flexibility index (Phi) is 6.00. The summed E-state index contributed by atoms with van der Waals surface area (Å²) in [6.45, 7) is 10.4. The Bertz CT molecular complexity index is 1140. The summed E-state index contributed by atoms with van der Waals surface area (Å²) < 4.78 is 16.4. The Hall–Kier alpha value is -3.22. The first kappa shape index (κ1) is 22.0. The van der Waals surface area contributed by atoms with Gasteiger partial charge in [-0.2, -0.15) is 0 Å². The number of fused-ring (bicyclic) bond motifs is 3. The molecule has 1 fully saturated rings. The molecule has 7 nitrogen and oxygen atoms in total. The van der Waals surface area contributed by atoms with Crippen molar-refractivity contribution in [2.75, 3.05) is 37.7 Å². The number of carbonyl (C=O) groups excluding carboxylic acids is 2. The second kappa shape index (κ2) is 8.73. The smallest absolute Gasteiger partial charge is 0.410 e. The number of anilines is 1. The van der Waals surface area contributed by atoms with E-state index in [9.17, 15) is 9.59 Å². The third kappa shape index (κ3) is 4.52. The molecule has 32 heavy (non-hydrogen) atoms. The highest BCUT2D eigenvalue weighted by Gasteiger charge is 2.26. The fraction of sp³-hybridized carbons (Fsp3) is 0.440.